The van der Waals surface area contributed by atoms with E-state index in [1.807, 2.05) is 44.3 Å². The number of rotatable bonds is 6. The molecule has 0 spiro atoms. The van der Waals surface area contributed by atoms with Gasteiger partial charge in [-0.05, 0) is 19.9 Å². The monoisotopic (exact) mass is 326 g/mol. The van der Waals surface area contributed by atoms with E-state index in [9.17, 15) is 0 Å². The van der Waals surface area contributed by atoms with Gasteiger partial charge in [0.2, 0.25) is 5.89 Å². The van der Waals surface area contributed by atoms with Crippen LogP contribution < -0.4 is 0 Å². The average Bonchev–Trinajstić information content (AvgIpc) is 3.13. The van der Waals surface area contributed by atoms with Gasteiger partial charge in [0.1, 0.15) is 17.0 Å². The van der Waals surface area contributed by atoms with Gasteiger partial charge in [0.25, 0.3) is 5.89 Å². The quantitative estimate of drug-likeness (QED) is 0.686. The molecule has 0 atom stereocenters. The summed E-state index contributed by atoms with van der Waals surface area (Å²) in [7, 11) is 2.05. The molecule has 0 amide bonds. The molecular formula is C18H22N4O2. The van der Waals surface area contributed by atoms with Gasteiger partial charge in [-0.3, -0.25) is 4.90 Å². The second kappa shape index (κ2) is 6.97. The highest BCUT2D eigenvalue weighted by atomic mass is 16.5. The number of benzene rings is 1. The number of hydrogen-bond acceptors (Lipinski definition) is 6. The summed E-state index contributed by atoms with van der Waals surface area (Å²) in [6.07, 6.45) is 0. The fourth-order valence-electron chi connectivity index (χ4n) is 2.75. The maximum Gasteiger partial charge on any atom is 0.253 e. The van der Waals surface area contributed by atoms with Crippen molar-refractivity contribution >= 4 is 0 Å². The van der Waals surface area contributed by atoms with Gasteiger partial charge >= 0.3 is 0 Å². The zero-order chi connectivity index (χ0) is 17.1. The van der Waals surface area contributed by atoms with Crippen molar-refractivity contribution < 1.29 is 8.94 Å². The molecule has 0 unspecified atom stereocenters. The molecule has 6 nitrogen and oxygen atoms in total. The minimum Gasteiger partial charge on any atom is -0.419 e. The van der Waals surface area contributed by atoms with Crippen LogP contribution in [0.3, 0.4) is 0 Å². The predicted molar refractivity (Wildman–Crippen MR) is 91.1 cm³/mol. The minimum atomic E-state index is 0.445. The minimum absolute atomic E-state index is 0.445. The van der Waals surface area contributed by atoms with Crippen LogP contribution in [0.15, 0.2) is 39.3 Å². The maximum atomic E-state index is 5.86. The summed E-state index contributed by atoms with van der Waals surface area (Å²) in [6, 6.07) is 9.85. The molecule has 0 aliphatic rings. The van der Waals surface area contributed by atoms with E-state index in [4.69, 9.17) is 8.94 Å². The van der Waals surface area contributed by atoms with Crippen LogP contribution in [0.4, 0.5) is 0 Å². The van der Waals surface area contributed by atoms with E-state index in [0.717, 1.165) is 23.4 Å². The fourth-order valence-corrected chi connectivity index (χ4v) is 2.75. The van der Waals surface area contributed by atoms with Crippen molar-refractivity contribution in [3.63, 3.8) is 0 Å². The Labute approximate surface area is 141 Å². The average molecular weight is 326 g/mol. The van der Waals surface area contributed by atoms with E-state index < -0.39 is 0 Å². The summed E-state index contributed by atoms with van der Waals surface area (Å²) >= 11 is 0. The van der Waals surface area contributed by atoms with Gasteiger partial charge in [0.15, 0.2) is 0 Å². The van der Waals surface area contributed by atoms with Crippen molar-refractivity contribution in [1.29, 1.82) is 0 Å². The molecule has 1 aromatic carbocycles. The molecule has 0 bridgehead atoms. The van der Waals surface area contributed by atoms with E-state index in [-0.39, 0.29) is 0 Å². The van der Waals surface area contributed by atoms with Crippen molar-refractivity contribution in [1.82, 2.24) is 20.3 Å². The molecule has 126 valence electrons. The van der Waals surface area contributed by atoms with E-state index in [0.29, 0.717) is 30.0 Å². The van der Waals surface area contributed by atoms with Crippen LogP contribution in [0.2, 0.25) is 0 Å². The van der Waals surface area contributed by atoms with Crippen LogP contribution in [-0.2, 0) is 6.54 Å². The third kappa shape index (κ3) is 3.54. The van der Waals surface area contributed by atoms with E-state index in [1.54, 1.807) is 0 Å². The Bertz CT molecular complexity index is 792. The lowest BCUT2D eigenvalue weighted by atomic mass is 10.1. The number of nitrogens with zero attached hydrogens (tertiary/aromatic N) is 4. The van der Waals surface area contributed by atoms with Gasteiger partial charge in [0, 0.05) is 12.1 Å². The number of aromatic nitrogens is 3. The summed E-state index contributed by atoms with van der Waals surface area (Å²) in [5, 5.41) is 12.5. The van der Waals surface area contributed by atoms with Crippen LogP contribution >= 0.6 is 0 Å². The van der Waals surface area contributed by atoms with E-state index >= 15 is 0 Å². The molecule has 0 aliphatic heterocycles. The lowest BCUT2D eigenvalue weighted by molar-refractivity contribution is 0.261. The maximum absolute atomic E-state index is 5.86. The zero-order valence-electron chi connectivity index (χ0n) is 14.5. The molecule has 0 aliphatic carbocycles. The van der Waals surface area contributed by atoms with Gasteiger partial charge in [-0.15, -0.1) is 10.2 Å². The molecule has 3 aromatic rings. The summed E-state index contributed by atoms with van der Waals surface area (Å²) in [4.78, 5) is 2.17. The topological polar surface area (TPSA) is 68.2 Å². The Morgan fingerprint density at radius 1 is 1.12 bits per heavy atom. The first-order chi connectivity index (χ1) is 11.5. The van der Waals surface area contributed by atoms with E-state index in [1.165, 1.54) is 0 Å². The Kier molecular flexibility index (Phi) is 4.76. The third-order valence-corrected chi connectivity index (χ3v) is 3.67. The van der Waals surface area contributed by atoms with Crippen molar-refractivity contribution in [2.45, 2.75) is 27.3 Å². The Balaban J connectivity index is 1.87. The first-order valence-electron chi connectivity index (χ1n) is 8.07. The SMILES string of the molecule is Cc1onc(-c2ccccc2)c1-c1nnc(CN(C)CC(C)C)o1. The Morgan fingerprint density at radius 3 is 2.58 bits per heavy atom. The van der Waals surface area contributed by atoms with E-state index in [2.05, 4.69) is 34.1 Å². The molecule has 2 heterocycles. The number of aryl methyl sites for hydroxylation is 1. The lowest BCUT2D eigenvalue weighted by Crippen LogP contribution is -2.22. The van der Waals surface area contributed by atoms with Crippen LogP contribution in [0.5, 0.6) is 0 Å². The summed E-state index contributed by atoms with van der Waals surface area (Å²) < 4.78 is 11.2. The predicted octanol–water partition coefficient (Wildman–Crippen LogP) is 3.79. The molecule has 0 radical (unpaired) electrons. The van der Waals surface area contributed by atoms with Crippen molar-refractivity contribution in [3.05, 3.63) is 42.0 Å². The summed E-state index contributed by atoms with van der Waals surface area (Å²) in [5.74, 6) is 2.29. The van der Waals surface area contributed by atoms with Gasteiger partial charge in [-0.1, -0.05) is 49.3 Å². The van der Waals surface area contributed by atoms with Crippen molar-refractivity contribution in [3.8, 4) is 22.7 Å². The lowest BCUT2D eigenvalue weighted by Gasteiger charge is -2.16. The molecule has 3 rings (SSSR count). The molecular weight excluding hydrogens is 304 g/mol. The molecule has 0 saturated heterocycles. The Morgan fingerprint density at radius 2 is 1.88 bits per heavy atom. The molecule has 0 N–H and O–H groups in total. The van der Waals surface area contributed by atoms with Crippen LogP contribution in [-0.4, -0.2) is 33.8 Å². The van der Waals surface area contributed by atoms with Gasteiger partial charge in [-0.2, -0.15) is 0 Å². The van der Waals surface area contributed by atoms with Gasteiger partial charge < -0.3 is 8.94 Å². The van der Waals surface area contributed by atoms with Crippen molar-refractivity contribution in [2.75, 3.05) is 13.6 Å². The van der Waals surface area contributed by atoms with Gasteiger partial charge in [0.05, 0.1) is 6.54 Å². The van der Waals surface area contributed by atoms with Crippen LogP contribution in [0.25, 0.3) is 22.7 Å². The van der Waals surface area contributed by atoms with Crippen molar-refractivity contribution in [2.24, 2.45) is 5.92 Å². The molecule has 0 saturated carbocycles. The van der Waals surface area contributed by atoms with Gasteiger partial charge in [-0.25, -0.2) is 0 Å². The molecule has 6 heteroatoms. The smallest absolute Gasteiger partial charge is 0.253 e. The highest BCUT2D eigenvalue weighted by Crippen LogP contribution is 2.33. The summed E-state index contributed by atoms with van der Waals surface area (Å²) in [6.45, 7) is 7.81. The summed E-state index contributed by atoms with van der Waals surface area (Å²) in [5.41, 5.74) is 2.44. The second-order valence-corrected chi connectivity index (χ2v) is 6.42. The fraction of sp³-hybridized carbons (Fsp3) is 0.389. The molecule has 0 fully saturated rings. The highest BCUT2D eigenvalue weighted by Gasteiger charge is 2.22. The second-order valence-electron chi connectivity index (χ2n) is 6.42. The third-order valence-electron chi connectivity index (χ3n) is 3.67. The first kappa shape index (κ1) is 16.4. The standard InChI is InChI=1S/C18H22N4O2/c1-12(2)10-22(4)11-15-19-20-18(23-15)16-13(3)24-21-17(16)14-8-6-5-7-9-14/h5-9,12H,10-11H2,1-4H3. The first-order valence-corrected chi connectivity index (χ1v) is 8.07. The largest absolute Gasteiger partial charge is 0.419 e. The van der Waals surface area contributed by atoms with Crippen LogP contribution in [0.1, 0.15) is 25.5 Å². The normalized spacial score (nSPS) is 11.6. The zero-order valence-corrected chi connectivity index (χ0v) is 14.5. The molecule has 24 heavy (non-hydrogen) atoms. The van der Waals surface area contributed by atoms with Crippen LogP contribution in [0, 0.1) is 12.8 Å². The highest BCUT2D eigenvalue weighted by molar-refractivity contribution is 5.77. The Hall–Kier alpha value is -2.47. The number of hydrogen-bond donors (Lipinski definition) is 0. The molecule has 2 aromatic heterocycles.